The van der Waals surface area contributed by atoms with Crippen LogP contribution in [0.1, 0.15) is 13.3 Å². The molecule has 0 aromatic heterocycles. The van der Waals surface area contributed by atoms with Crippen molar-refractivity contribution in [1.82, 2.24) is 0 Å². The van der Waals surface area contributed by atoms with Crippen molar-refractivity contribution in [3.63, 3.8) is 0 Å². The Morgan fingerprint density at radius 2 is 2.44 bits per heavy atom. The first kappa shape index (κ1) is 8.78. The van der Waals surface area contributed by atoms with Gasteiger partial charge >= 0.3 is 0 Å². The van der Waals surface area contributed by atoms with E-state index in [0.717, 1.165) is 6.42 Å². The molecule has 0 fully saturated rings. The molecule has 1 atom stereocenters. The Kier molecular flexibility index (Phi) is 5.76. The predicted molar refractivity (Wildman–Crippen MR) is 35.3 cm³/mol. The highest BCUT2D eigenvalue weighted by atomic mass is 32.2. The average molecular weight is 150 g/mol. The molecule has 0 aromatic rings. The topological polar surface area (TPSA) is 49.4 Å². The van der Waals surface area contributed by atoms with Crippen molar-refractivity contribution in [1.29, 1.82) is 0 Å². The molecule has 0 N–H and O–H groups in total. The largest absolute Gasteiger partial charge is 0.614 e. The van der Waals surface area contributed by atoms with E-state index in [1.165, 1.54) is 0 Å². The predicted octanol–water partition coefficient (Wildman–Crippen LogP) is 0.276. The summed E-state index contributed by atoms with van der Waals surface area (Å²) < 4.78 is 14.9. The van der Waals surface area contributed by atoms with Crippen molar-refractivity contribution in [3.8, 4) is 0 Å². The van der Waals surface area contributed by atoms with Gasteiger partial charge in [-0.1, -0.05) is 6.92 Å². The summed E-state index contributed by atoms with van der Waals surface area (Å²) in [5.74, 6) is 0.644. The highest BCUT2D eigenvalue weighted by Gasteiger charge is 2.01. The second-order valence-electron chi connectivity index (χ2n) is 1.52. The van der Waals surface area contributed by atoms with Gasteiger partial charge in [-0.05, 0) is 17.6 Å². The van der Waals surface area contributed by atoms with Crippen LogP contribution in [0.15, 0.2) is 0 Å². The fourth-order valence-electron chi connectivity index (χ4n) is 0.390. The standard InChI is InChI=1S/C5H10O3S/c1-2-3-9(7)5-8-4-6/h4H,2-3,5H2,1H3. The molecule has 0 aliphatic carbocycles. The maximum absolute atomic E-state index is 10.6. The van der Waals surface area contributed by atoms with Crippen molar-refractivity contribution in [2.45, 2.75) is 13.3 Å². The number of hydrogen-bond acceptors (Lipinski definition) is 3. The third-order valence-corrected chi connectivity index (χ3v) is 1.96. The zero-order valence-electron chi connectivity index (χ0n) is 5.33. The molecule has 0 saturated heterocycles. The Balaban J connectivity index is 3.04. The summed E-state index contributed by atoms with van der Waals surface area (Å²) >= 11 is -0.973. The zero-order valence-corrected chi connectivity index (χ0v) is 6.15. The molecule has 1 unspecified atom stereocenters. The number of ether oxygens (including phenoxy) is 1. The minimum Gasteiger partial charge on any atom is -0.614 e. The lowest BCUT2D eigenvalue weighted by molar-refractivity contribution is -0.126. The molecule has 4 heteroatoms. The maximum atomic E-state index is 10.6. The molecule has 0 rings (SSSR count). The second kappa shape index (κ2) is 5.91. The van der Waals surface area contributed by atoms with Crippen LogP contribution < -0.4 is 0 Å². The molecule has 0 heterocycles. The quantitative estimate of drug-likeness (QED) is 0.417. The fourth-order valence-corrected chi connectivity index (χ4v) is 1.17. The van der Waals surface area contributed by atoms with Crippen LogP contribution in [-0.4, -0.2) is 22.7 Å². The van der Waals surface area contributed by atoms with E-state index < -0.39 is 11.2 Å². The normalized spacial score (nSPS) is 12.7. The lowest BCUT2D eigenvalue weighted by atomic mass is 10.6. The molecule has 0 radical (unpaired) electrons. The molecule has 3 nitrogen and oxygen atoms in total. The van der Waals surface area contributed by atoms with Crippen LogP contribution >= 0.6 is 0 Å². The van der Waals surface area contributed by atoms with Crippen molar-refractivity contribution >= 4 is 17.6 Å². The van der Waals surface area contributed by atoms with Crippen LogP contribution in [-0.2, 0) is 20.7 Å². The molecule has 9 heavy (non-hydrogen) atoms. The van der Waals surface area contributed by atoms with E-state index in [0.29, 0.717) is 12.2 Å². The van der Waals surface area contributed by atoms with E-state index >= 15 is 0 Å². The van der Waals surface area contributed by atoms with Gasteiger partial charge in [0.05, 0.1) is 0 Å². The molecule has 54 valence electrons. The lowest BCUT2D eigenvalue weighted by Gasteiger charge is -2.06. The van der Waals surface area contributed by atoms with Crippen LogP contribution in [0.2, 0.25) is 0 Å². The summed E-state index contributed by atoms with van der Waals surface area (Å²) in [4.78, 5) is 9.56. The molecule has 0 saturated carbocycles. The first-order chi connectivity index (χ1) is 4.31. The van der Waals surface area contributed by atoms with E-state index in [9.17, 15) is 9.35 Å². The van der Waals surface area contributed by atoms with Gasteiger partial charge < -0.3 is 9.29 Å². The van der Waals surface area contributed by atoms with Gasteiger partial charge in [-0.3, -0.25) is 4.79 Å². The van der Waals surface area contributed by atoms with Gasteiger partial charge in [0.15, 0.2) is 0 Å². The van der Waals surface area contributed by atoms with Crippen molar-refractivity contribution in [2.24, 2.45) is 0 Å². The number of carbonyl (C=O) groups is 1. The minimum absolute atomic E-state index is 0.0390. The van der Waals surface area contributed by atoms with Crippen LogP contribution in [0.4, 0.5) is 0 Å². The monoisotopic (exact) mass is 150 g/mol. The van der Waals surface area contributed by atoms with Crippen LogP contribution in [0.3, 0.4) is 0 Å². The molecule has 0 bridgehead atoms. The van der Waals surface area contributed by atoms with Crippen LogP contribution in [0.5, 0.6) is 0 Å². The number of carbonyl (C=O) groups excluding carboxylic acids is 1. The fraction of sp³-hybridized carbons (Fsp3) is 0.800. The minimum atomic E-state index is -0.973. The van der Waals surface area contributed by atoms with E-state index in [1.807, 2.05) is 6.92 Å². The lowest BCUT2D eigenvalue weighted by Crippen LogP contribution is -2.12. The van der Waals surface area contributed by atoms with E-state index in [2.05, 4.69) is 4.74 Å². The zero-order chi connectivity index (χ0) is 7.11. The van der Waals surface area contributed by atoms with Gasteiger partial charge in [-0.15, -0.1) is 0 Å². The van der Waals surface area contributed by atoms with Crippen LogP contribution in [0.25, 0.3) is 0 Å². The first-order valence-corrected chi connectivity index (χ1v) is 4.20. The molecule has 0 spiro atoms. The third-order valence-electron chi connectivity index (χ3n) is 0.699. The summed E-state index contributed by atoms with van der Waals surface area (Å²) in [6.07, 6.45) is 0.856. The average Bonchev–Trinajstić information content (AvgIpc) is 1.85. The van der Waals surface area contributed by atoms with Crippen molar-refractivity contribution in [3.05, 3.63) is 0 Å². The molecule has 0 aliphatic rings. The van der Waals surface area contributed by atoms with Gasteiger partial charge in [-0.2, -0.15) is 0 Å². The Morgan fingerprint density at radius 3 is 2.89 bits per heavy atom. The van der Waals surface area contributed by atoms with Crippen LogP contribution in [0, 0.1) is 0 Å². The molecular weight excluding hydrogens is 140 g/mol. The van der Waals surface area contributed by atoms with Gasteiger partial charge in [0.25, 0.3) is 6.47 Å². The van der Waals surface area contributed by atoms with Gasteiger partial charge in [0.1, 0.15) is 5.75 Å². The maximum Gasteiger partial charge on any atom is 0.296 e. The van der Waals surface area contributed by atoms with Gasteiger partial charge in [-0.25, -0.2) is 0 Å². The Morgan fingerprint density at radius 1 is 1.78 bits per heavy atom. The summed E-state index contributed by atoms with van der Waals surface area (Å²) in [5, 5.41) is 0. The molecular formula is C5H10O3S. The molecule has 0 aliphatic heterocycles. The summed E-state index contributed by atoms with van der Waals surface area (Å²) in [6, 6.07) is 0. The Labute approximate surface area is 57.6 Å². The SMILES string of the molecule is CCC[S+]([O-])COC=O. The Hall–Kier alpha value is -0.220. The Bertz CT molecular complexity index is 76.6. The van der Waals surface area contributed by atoms with E-state index in [-0.39, 0.29) is 5.94 Å². The highest BCUT2D eigenvalue weighted by molar-refractivity contribution is 7.91. The highest BCUT2D eigenvalue weighted by Crippen LogP contribution is 1.92. The summed E-state index contributed by atoms with van der Waals surface area (Å²) in [7, 11) is 0. The molecule has 0 aromatic carbocycles. The summed E-state index contributed by atoms with van der Waals surface area (Å²) in [5.41, 5.74) is 0. The second-order valence-corrected chi connectivity index (χ2v) is 3.05. The van der Waals surface area contributed by atoms with Crippen molar-refractivity contribution in [2.75, 3.05) is 11.7 Å². The third kappa shape index (κ3) is 5.65. The van der Waals surface area contributed by atoms with Gasteiger partial charge in [0.2, 0.25) is 5.94 Å². The summed E-state index contributed by atoms with van der Waals surface area (Å²) in [6.45, 7) is 2.24. The van der Waals surface area contributed by atoms with E-state index in [4.69, 9.17) is 0 Å². The number of hydrogen-bond donors (Lipinski definition) is 0. The molecule has 0 amide bonds. The van der Waals surface area contributed by atoms with Gasteiger partial charge in [0, 0.05) is 0 Å². The smallest absolute Gasteiger partial charge is 0.296 e. The number of rotatable bonds is 5. The first-order valence-electron chi connectivity index (χ1n) is 2.71. The van der Waals surface area contributed by atoms with E-state index in [1.54, 1.807) is 0 Å². The van der Waals surface area contributed by atoms with Crippen molar-refractivity contribution < 1.29 is 14.1 Å².